The number of nitrogens with one attached hydrogen (secondary N) is 2. The molecule has 0 fully saturated rings. The van der Waals surface area contributed by atoms with E-state index >= 15 is 0 Å². The van der Waals surface area contributed by atoms with Crippen LogP contribution in [0.15, 0.2) is 42.5 Å². The van der Waals surface area contributed by atoms with Gasteiger partial charge in [0.1, 0.15) is 11.2 Å². The lowest BCUT2D eigenvalue weighted by Gasteiger charge is -2.23. The maximum Gasteiger partial charge on any atom is 0.239 e. The molecule has 0 bridgehead atoms. The Hall–Kier alpha value is -2.53. The van der Waals surface area contributed by atoms with Crippen molar-refractivity contribution in [3.05, 3.63) is 58.6 Å². The average molecular weight is 389 g/mol. The topological polar surface area (TPSA) is 67.4 Å². The Bertz CT molecular complexity index is 834. The van der Waals surface area contributed by atoms with E-state index in [9.17, 15) is 9.59 Å². The molecule has 0 saturated heterocycles. The third kappa shape index (κ3) is 5.47. The van der Waals surface area contributed by atoms with Crippen molar-refractivity contribution < 1.29 is 14.3 Å². The first kappa shape index (κ1) is 20.8. The highest BCUT2D eigenvalue weighted by molar-refractivity contribution is 6.30. The van der Waals surface area contributed by atoms with Crippen molar-refractivity contribution in [1.29, 1.82) is 0 Å². The minimum Gasteiger partial charge on any atom is -0.497 e. The van der Waals surface area contributed by atoms with Crippen LogP contribution in [0.2, 0.25) is 5.02 Å². The number of hydrogen-bond donors (Lipinski definition) is 2. The molecule has 0 heterocycles. The molecule has 0 radical (unpaired) electrons. The van der Waals surface area contributed by atoms with Gasteiger partial charge in [-0.05, 0) is 68.7 Å². The maximum atomic E-state index is 12.6. The number of benzene rings is 2. The number of carbonyl (C=O) groups is 2. The van der Waals surface area contributed by atoms with Gasteiger partial charge in [-0.2, -0.15) is 0 Å². The molecule has 27 heavy (non-hydrogen) atoms. The van der Waals surface area contributed by atoms with Crippen molar-refractivity contribution in [2.75, 3.05) is 19.0 Å². The highest BCUT2D eigenvalue weighted by Gasteiger charge is 2.36. The molecule has 5 nitrogen and oxygen atoms in total. The Morgan fingerprint density at radius 1 is 1.11 bits per heavy atom. The van der Waals surface area contributed by atoms with Crippen molar-refractivity contribution in [2.24, 2.45) is 5.41 Å². The lowest BCUT2D eigenvalue weighted by atomic mass is 9.90. The molecule has 0 aliphatic rings. The summed E-state index contributed by atoms with van der Waals surface area (Å²) in [6.07, 6.45) is 0.650. The zero-order valence-corrected chi connectivity index (χ0v) is 16.8. The van der Waals surface area contributed by atoms with Gasteiger partial charge in [0.15, 0.2) is 0 Å². The molecule has 144 valence electrons. The Labute approximate surface area is 165 Å². The summed E-state index contributed by atoms with van der Waals surface area (Å²) in [5.74, 6) is 0.0817. The smallest absolute Gasteiger partial charge is 0.239 e. The standard InChI is InChI=1S/C21H25ClN2O3/c1-14-12-16(22)8-9-18(14)24-20(26)21(2,3)19(25)23-11-10-15-6-5-7-17(13-15)27-4/h5-9,12-13H,10-11H2,1-4H3,(H,23,25)(H,24,26). The van der Waals surface area contributed by atoms with Gasteiger partial charge < -0.3 is 15.4 Å². The summed E-state index contributed by atoms with van der Waals surface area (Å²) < 4.78 is 5.19. The van der Waals surface area contributed by atoms with Crippen molar-refractivity contribution in [3.63, 3.8) is 0 Å². The van der Waals surface area contributed by atoms with Crippen LogP contribution in [0.25, 0.3) is 0 Å². The maximum absolute atomic E-state index is 12.6. The molecule has 0 saturated carbocycles. The van der Waals surface area contributed by atoms with E-state index in [0.29, 0.717) is 23.7 Å². The van der Waals surface area contributed by atoms with Gasteiger partial charge in [-0.3, -0.25) is 9.59 Å². The fourth-order valence-electron chi connectivity index (χ4n) is 2.52. The lowest BCUT2D eigenvalue weighted by molar-refractivity contribution is -0.138. The second-order valence-corrected chi connectivity index (χ2v) is 7.33. The van der Waals surface area contributed by atoms with Crippen molar-refractivity contribution in [1.82, 2.24) is 5.32 Å². The first-order valence-corrected chi connectivity index (χ1v) is 9.10. The normalized spacial score (nSPS) is 11.0. The van der Waals surface area contributed by atoms with Gasteiger partial charge in [0.05, 0.1) is 7.11 Å². The number of methoxy groups -OCH3 is 1. The van der Waals surface area contributed by atoms with Gasteiger partial charge in [0.25, 0.3) is 0 Å². The Kier molecular flexibility index (Phi) is 6.86. The van der Waals surface area contributed by atoms with E-state index in [2.05, 4.69) is 10.6 Å². The number of rotatable bonds is 7. The molecule has 0 aromatic heterocycles. The van der Waals surface area contributed by atoms with Crippen LogP contribution in [0.3, 0.4) is 0 Å². The summed E-state index contributed by atoms with van der Waals surface area (Å²) in [5, 5.41) is 6.24. The fourth-order valence-corrected chi connectivity index (χ4v) is 2.74. The predicted molar refractivity (Wildman–Crippen MR) is 108 cm³/mol. The largest absolute Gasteiger partial charge is 0.497 e. The number of carbonyl (C=O) groups excluding carboxylic acids is 2. The van der Waals surface area contributed by atoms with Crippen molar-refractivity contribution in [3.8, 4) is 5.75 Å². The molecule has 2 amide bonds. The molecule has 0 atom stereocenters. The van der Waals surface area contributed by atoms with E-state index in [1.807, 2.05) is 31.2 Å². The molecular formula is C21H25ClN2O3. The minimum atomic E-state index is -1.21. The summed E-state index contributed by atoms with van der Waals surface area (Å²) >= 11 is 5.94. The minimum absolute atomic E-state index is 0.325. The Balaban J connectivity index is 1.93. The summed E-state index contributed by atoms with van der Waals surface area (Å²) in [4.78, 5) is 25.1. The van der Waals surface area contributed by atoms with E-state index in [-0.39, 0.29) is 11.8 Å². The summed E-state index contributed by atoms with van der Waals surface area (Å²) in [7, 11) is 1.62. The molecule has 0 spiro atoms. The van der Waals surface area contributed by atoms with Crippen LogP contribution < -0.4 is 15.4 Å². The Morgan fingerprint density at radius 2 is 1.85 bits per heavy atom. The molecule has 2 N–H and O–H groups in total. The highest BCUT2D eigenvalue weighted by Crippen LogP contribution is 2.23. The fraction of sp³-hybridized carbons (Fsp3) is 0.333. The molecule has 0 aliphatic carbocycles. The van der Waals surface area contributed by atoms with Crippen LogP contribution in [0, 0.1) is 12.3 Å². The van der Waals surface area contributed by atoms with Gasteiger partial charge in [-0.25, -0.2) is 0 Å². The number of halogens is 1. The molecule has 6 heteroatoms. The van der Waals surface area contributed by atoms with Gasteiger partial charge in [-0.1, -0.05) is 23.7 Å². The SMILES string of the molecule is COc1cccc(CCNC(=O)C(C)(C)C(=O)Nc2ccc(Cl)cc2C)c1. The average Bonchev–Trinajstić information content (AvgIpc) is 2.63. The van der Waals surface area contributed by atoms with Crippen LogP contribution in [-0.4, -0.2) is 25.5 Å². The molecular weight excluding hydrogens is 364 g/mol. The third-order valence-electron chi connectivity index (χ3n) is 4.41. The lowest BCUT2D eigenvalue weighted by Crippen LogP contribution is -2.45. The zero-order chi connectivity index (χ0) is 20.0. The van der Waals surface area contributed by atoms with Crippen LogP contribution >= 0.6 is 11.6 Å². The number of anilines is 1. The van der Waals surface area contributed by atoms with Gasteiger partial charge >= 0.3 is 0 Å². The van der Waals surface area contributed by atoms with Crippen molar-refractivity contribution >= 4 is 29.1 Å². The number of amides is 2. The van der Waals surface area contributed by atoms with Crippen molar-refractivity contribution in [2.45, 2.75) is 27.2 Å². The van der Waals surface area contributed by atoms with Gasteiger partial charge in [0, 0.05) is 17.3 Å². The summed E-state index contributed by atoms with van der Waals surface area (Å²) in [6, 6.07) is 12.9. The summed E-state index contributed by atoms with van der Waals surface area (Å²) in [5.41, 5.74) is 1.32. The van der Waals surface area contributed by atoms with Gasteiger partial charge in [0.2, 0.25) is 11.8 Å². The first-order chi connectivity index (χ1) is 12.7. The highest BCUT2D eigenvalue weighted by atomic mass is 35.5. The predicted octanol–water partition coefficient (Wildman–Crippen LogP) is 3.98. The van der Waals surface area contributed by atoms with Crippen LogP contribution in [0.1, 0.15) is 25.0 Å². The van der Waals surface area contributed by atoms with E-state index in [0.717, 1.165) is 16.9 Å². The number of ether oxygens (including phenoxy) is 1. The monoisotopic (exact) mass is 388 g/mol. The van der Waals surface area contributed by atoms with Crippen LogP contribution in [0.4, 0.5) is 5.69 Å². The zero-order valence-electron chi connectivity index (χ0n) is 16.1. The number of hydrogen-bond acceptors (Lipinski definition) is 3. The summed E-state index contributed by atoms with van der Waals surface area (Å²) in [6.45, 7) is 5.49. The van der Waals surface area contributed by atoms with Gasteiger partial charge in [-0.15, -0.1) is 0 Å². The molecule has 2 aromatic carbocycles. The molecule has 2 rings (SSSR count). The first-order valence-electron chi connectivity index (χ1n) is 8.73. The molecule has 2 aromatic rings. The second kappa shape index (κ2) is 8.91. The second-order valence-electron chi connectivity index (χ2n) is 6.90. The van der Waals surface area contributed by atoms with Crippen LogP contribution in [0.5, 0.6) is 5.75 Å². The molecule has 0 unspecified atom stereocenters. The number of aryl methyl sites for hydroxylation is 1. The van der Waals surface area contributed by atoms with E-state index < -0.39 is 5.41 Å². The Morgan fingerprint density at radius 3 is 2.52 bits per heavy atom. The van der Waals surface area contributed by atoms with E-state index in [1.54, 1.807) is 39.2 Å². The molecule has 0 aliphatic heterocycles. The van der Waals surface area contributed by atoms with E-state index in [4.69, 9.17) is 16.3 Å². The van der Waals surface area contributed by atoms with E-state index in [1.165, 1.54) is 0 Å². The quantitative estimate of drug-likeness (QED) is 0.705. The van der Waals surface area contributed by atoms with Crippen LogP contribution in [-0.2, 0) is 16.0 Å². The third-order valence-corrected chi connectivity index (χ3v) is 4.64.